The minimum atomic E-state index is -1.19. The van der Waals surface area contributed by atoms with Crippen LogP contribution >= 0.6 is 0 Å². The van der Waals surface area contributed by atoms with Crippen molar-refractivity contribution in [3.05, 3.63) is 35.4 Å². The second-order valence-corrected chi connectivity index (χ2v) is 5.56. The smallest absolute Gasteiger partial charge is 0.408 e. The molecule has 0 radical (unpaired) electrons. The molecule has 1 aromatic carbocycles. The average Bonchev–Trinajstić information content (AvgIpc) is 2.36. The molecule has 0 fully saturated rings. The van der Waals surface area contributed by atoms with Crippen LogP contribution in [0.1, 0.15) is 36.7 Å². The predicted octanol–water partition coefficient (Wildman–Crippen LogP) is 2.02. The van der Waals surface area contributed by atoms with E-state index < -0.39 is 23.7 Å². The van der Waals surface area contributed by atoms with E-state index in [1.807, 2.05) is 0 Å². The second kappa shape index (κ2) is 6.88. The molecule has 114 valence electrons. The fourth-order valence-electron chi connectivity index (χ4n) is 1.70. The Kier molecular flexibility index (Phi) is 5.46. The molecule has 2 N–H and O–H groups in total. The summed E-state index contributed by atoms with van der Waals surface area (Å²) >= 11 is 0. The van der Waals surface area contributed by atoms with Crippen molar-refractivity contribution >= 4 is 18.3 Å². The third-order valence-corrected chi connectivity index (χ3v) is 2.60. The zero-order valence-corrected chi connectivity index (χ0v) is 12.3. The largest absolute Gasteiger partial charge is 0.480 e. The Hall–Kier alpha value is -2.37. The van der Waals surface area contributed by atoms with E-state index in [1.165, 1.54) is 0 Å². The van der Waals surface area contributed by atoms with Crippen LogP contribution in [0.3, 0.4) is 0 Å². The Morgan fingerprint density at radius 2 is 1.95 bits per heavy atom. The van der Waals surface area contributed by atoms with Crippen LogP contribution in [0, 0.1) is 0 Å². The standard InChI is InChI=1S/C15H19NO5/c1-15(2,3)21-14(20)16-12(13(18)19)8-10-6-4-5-7-11(10)9-17/h4-7,9,12H,8H2,1-3H3,(H,16,20)(H,18,19)/t12-/m0/s1. The average molecular weight is 293 g/mol. The lowest BCUT2D eigenvalue weighted by Crippen LogP contribution is -2.44. The summed E-state index contributed by atoms with van der Waals surface area (Å²) in [5.74, 6) is -1.19. The van der Waals surface area contributed by atoms with Crippen LogP contribution in [0.4, 0.5) is 4.79 Å². The van der Waals surface area contributed by atoms with Crippen LogP contribution in [-0.4, -0.2) is 35.1 Å². The number of ether oxygens (including phenoxy) is 1. The summed E-state index contributed by atoms with van der Waals surface area (Å²) in [5.41, 5.74) is 0.235. The fourth-order valence-corrected chi connectivity index (χ4v) is 1.70. The van der Waals surface area contributed by atoms with Gasteiger partial charge in [0.2, 0.25) is 0 Å². The first-order chi connectivity index (χ1) is 9.73. The monoisotopic (exact) mass is 293 g/mol. The van der Waals surface area contributed by atoms with Gasteiger partial charge in [-0.15, -0.1) is 0 Å². The predicted molar refractivity (Wildman–Crippen MR) is 76.3 cm³/mol. The molecule has 0 saturated heterocycles. The summed E-state index contributed by atoms with van der Waals surface area (Å²) in [5, 5.41) is 11.5. The van der Waals surface area contributed by atoms with E-state index in [9.17, 15) is 19.5 Å². The molecule has 1 atom stereocenters. The van der Waals surface area contributed by atoms with Crippen LogP contribution in [0.15, 0.2) is 24.3 Å². The number of aliphatic carboxylic acids is 1. The number of benzene rings is 1. The van der Waals surface area contributed by atoms with Gasteiger partial charge in [0.15, 0.2) is 0 Å². The highest BCUT2D eigenvalue weighted by atomic mass is 16.6. The summed E-state index contributed by atoms with van der Waals surface area (Å²) in [6.07, 6.45) is -0.149. The minimum Gasteiger partial charge on any atom is -0.480 e. The maximum absolute atomic E-state index is 11.7. The lowest BCUT2D eigenvalue weighted by molar-refractivity contribution is -0.139. The van der Waals surface area contributed by atoms with E-state index in [4.69, 9.17) is 4.74 Å². The van der Waals surface area contributed by atoms with E-state index in [2.05, 4.69) is 5.32 Å². The molecule has 0 unspecified atom stereocenters. The number of carboxylic acid groups (broad SMARTS) is 1. The molecule has 0 saturated carbocycles. The number of carbonyl (C=O) groups is 3. The zero-order chi connectivity index (χ0) is 16.0. The van der Waals surface area contributed by atoms with Crippen LogP contribution in [-0.2, 0) is 16.0 Å². The van der Waals surface area contributed by atoms with Crippen LogP contribution in [0.2, 0.25) is 0 Å². The highest BCUT2D eigenvalue weighted by Crippen LogP contribution is 2.11. The van der Waals surface area contributed by atoms with Gasteiger partial charge in [0.05, 0.1) is 0 Å². The Bertz CT molecular complexity index is 533. The van der Waals surface area contributed by atoms with Crippen molar-refractivity contribution in [3.8, 4) is 0 Å². The summed E-state index contributed by atoms with van der Waals surface area (Å²) in [7, 11) is 0. The third-order valence-electron chi connectivity index (χ3n) is 2.60. The van der Waals surface area contributed by atoms with Gasteiger partial charge in [-0.05, 0) is 26.3 Å². The number of carbonyl (C=O) groups excluding carboxylic acids is 2. The molecular formula is C15H19NO5. The van der Waals surface area contributed by atoms with Gasteiger partial charge in [0.25, 0.3) is 0 Å². The number of rotatable bonds is 5. The number of alkyl carbamates (subject to hydrolysis) is 1. The Morgan fingerprint density at radius 3 is 2.48 bits per heavy atom. The first-order valence-electron chi connectivity index (χ1n) is 6.48. The molecule has 0 aliphatic heterocycles. The van der Waals surface area contributed by atoms with E-state index in [0.29, 0.717) is 17.4 Å². The first kappa shape index (κ1) is 16.7. The van der Waals surface area contributed by atoms with Gasteiger partial charge < -0.3 is 15.2 Å². The minimum absolute atomic E-state index is 0.00346. The number of aldehydes is 1. The van der Waals surface area contributed by atoms with E-state index in [-0.39, 0.29) is 6.42 Å². The number of amides is 1. The Balaban J connectivity index is 2.81. The van der Waals surface area contributed by atoms with Crippen molar-refractivity contribution in [1.82, 2.24) is 5.32 Å². The third kappa shape index (κ3) is 5.64. The molecule has 0 aromatic heterocycles. The molecule has 0 bridgehead atoms. The maximum atomic E-state index is 11.7. The molecule has 1 rings (SSSR count). The number of carboxylic acids is 1. The number of hydrogen-bond donors (Lipinski definition) is 2. The highest BCUT2D eigenvalue weighted by molar-refractivity contribution is 5.82. The van der Waals surface area contributed by atoms with Gasteiger partial charge in [-0.1, -0.05) is 24.3 Å². The van der Waals surface area contributed by atoms with Crippen molar-refractivity contribution in [1.29, 1.82) is 0 Å². The molecule has 21 heavy (non-hydrogen) atoms. The van der Waals surface area contributed by atoms with Gasteiger partial charge in [-0.25, -0.2) is 9.59 Å². The number of nitrogens with one attached hydrogen (secondary N) is 1. The Morgan fingerprint density at radius 1 is 1.33 bits per heavy atom. The van der Waals surface area contributed by atoms with Crippen molar-refractivity contribution < 1.29 is 24.2 Å². The highest BCUT2D eigenvalue weighted by Gasteiger charge is 2.24. The summed E-state index contributed by atoms with van der Waals surface area (Å²) in [6.45, 7) is 5.05. The van der Waals surface area contributed by atoms with Crippen LogP contribution < -0.4 is 5.32 Å². The van der Waals surface area contributed by atoms with Crippen LogP contribution in [0.5, 0.6) is 0 Å². The van der Waals surface area contributed by atoms with Crippen LogP contribution in [0.25, 0.3) is 0 Å². The molecule has 6 heteroatoms. The molecule has 1 amide bonds. The zero-order valence-electron chi connectivity index (χ0n) is 12.3. The maximum Gasteiger partial charge on any atom is 0.408 e. The van der Waals surface area contributed by atoms with E-state index in [0.717, 1.165) is 0 Å². The molecule has 0 heterocycles. The first-order valence-corrected chi connectivity index (χ1v) is 6.48. The fraction of sp³-hybridized carbons (Fsp3) is 0.400. The molecule has 0 aliphatic rings. The molecule has 0 spiro atoms. The van der Waals surface area contributed by atoms with E-state index in [1.54, 1.807) is 45.0 Å². The summed E-state index contributed by atoms with van der Waals surface area (Å²) in [6, 6.07) is 5.46. The molecule has 1 aromatic rings. The second-order valence-electron chi connectivity index (χ2n) is 5.56. The topological polar surface area (TPSA) is 92.7 Å². The number of hydrogen-bond acceptors (Lipinski definition) is 4. The SMILES string of the molecule is CC(C)(C)OC(=O)N[C@@H](Cc1ccccc1C=O)C(=O)O. The summed E-state index contributed by atoms with van der Waals surface area (Å²) in [4.78, 5) is 33.8. The van der Waals surface area contributed by atoms with Crippen molar-refractivity contribution in [3.63, 3.8) is 0 Å². The lowest BCUT2D eigenvalue weighted by atomic mass is 10.0. The van der Waals surface area contributed by atoms with Crippen molar-refractivity contribution in [2.45, 2.75) is 38.8 Å². The summed E-state index contributed by atoms with van der Waals surface area (Å²) < 4.78 is 5.03. The van der Waals surface area contributed by atoms with Gasteiger partial charge in [-0.2, -0.15) is 0 Å². The van der Waals surface area contributed by atoms with E-state index >= 15 is 0 Å². The van der Waals surface area contributed by atoms with Crippen molar-refractivity contribution in [2.75, 3.05) is 0 Å². The van der Waals surface area contributed by atoms with Crippen molar-refractivity contribution in [2.24, 2.45) is 0 Å². The van der Waals surface area contributed by atoms with Gasteiger partial charge in [0.1, 0.15) is 17.9 Å². The quantitative estimate of drug-likeness (QED) is 0.810. The Labute approximate surface area is 123 Å². The molecular weight excluding hydrogens is 274 g/mol. The van der Waals surface area contributed by atoms with Gasteiger partial charge >= 0.3 is 12.1 Å². The molecule has 6 nitrogen and oxygen atoms in total. The lowest BCUT2D eigenvalue weighted by Gasteiger charge is -2.22. The normalized spacial score (nSPS) is 12.3. The molecule has 0 aliphatic carbocycles. The van der Waals surface area contributed by atoms with Gasteiger partial charge in [-0.3, -0.25) is 4.79 Å². The van der Waals surface area contributed by atoms with Gasteiger partial charge in [0, 0.05) is 12.0 Å².